The van der Waals surface area contributed by atoms with Gasteiger partial charge in [0.25, 0.3) is 0 Å². The minimum absolute atomic E-state index is 0.249. The van der Waals surface area contributed by atoms with Crippen LogP contribution in [0.5, 0.6) is 0 Å². The third-order valence-electron chi connectivity index (χ3n) is 1.27. The van der Waals surface area contributed by atoms with Crippen LogP contribution in [0.2, 0.25) is 0 Å². The van der Waals surface area contributed by atoms with Crippen LogP contribution < -0.4 is 0 Å². The van der Waals surface area contributed by atoms with Crippen LogP contribution in [0.4, 0.5) is 9.59 Å². The molecule has 0 aromatic heterocycles. The maximum atomic E-state index is 10.5. The molecule has 0 spiro atoms. The summed E-state index contributed by atoms with van der Waals surface area (Å²) in [7, 11) is 0. The summed E-state index contributed by atoms with van der Waals surface area (Å²) >= 11 is 0. The molecular formula is C8H14O9. The molecule has 0 aliphatic rings. The summed E-state index contributed by atoms with van der Waals surface area (Å²) in [6.45, 7) is 5.23. The van der Waals surface area contributed by atoms with Crippen LogP contribution in [-0.4, -0.2) is 36.6 Å². The zero-order valence-electron chi connectivity index (χ0n) is 9.63. The van der Waals surface area contributed by atoms with Gasteiger partial charge in [-0.3, -0.25) is 0 Å². The van der Waals surface area contributed by atoms with Crippen molar-refractivity contribution in [1.82, 2.24) is 0 Å². The van der Waals surface area contributed by atoms with Gasteiger partial charge in [0.2, 0.25) is 0 Å². The summed E-state index contributed by atoms with van der Waals surface area (Å²) in [6, 6.07) is 0. The summed E-state index contributed by atoms with van der Waals surface area (Å²) in [5, 5.41) is 12.0. The first-order valence-corrected chi connectivity index (χ1v) is 4.68. The third-order valence-corrected chi connectivity index (χ3v) is 1.27. The van der Waals surface area contributed by atoms with E-state index in [2.05, 4.69) is 19.6 Å². The standard InChI is InChI=1S/C8H14O9/c1-4-12-8(3,13-5-2)16-17-15-7(11)14-6(9)10/h4-5H2,1-3H3,(H,9,10). The number of rotatable bonds is 7. The average molecular weight is 254 g/mol. The molecule has 0 bridgehead atoms. The van der Waals surface area contributed by atoms with Crippen molar-refractivity contribution in [1.29, 1.82) is 0 Å². The zero-order valence-corrected chi connectivity index (χ0v) is 9.63. The Morgan fingerprint density at radius 2 is 1.71 bits per heavy atom. The minimum atomic E-state index is -1.84. The molecule has 1 N–H and O–H groups in total. The van der Waals surface area contributed by atoms with Gasteiger partial charge in [0, 0.05) is 20.1 Å². The van der Waals surface area contributed by atoms with Gasteiger partial charge in [0.05, 0.1) is 0 Å². The lowest BCUT2D eigenvalue weighted by molar-refractivity contribution is -0.590. The van der Waals surface area contributed by atoms with E-state index < -0.39 is 18.3 Å². The molecule has 0 aromatic rings. The molecule has 0 saturated carbocycles. The molecular weight excluding hydrogens is 240 g/mol. The van der Waals surface area contributed by atoms with Crippen LogP contribution in [0.3, 0.4) is 0 Å². The first kappa shape index (κ1) is 15.6. The molecule has 0 unspecified atom stereocenters. The Morgan fingerprint density at radius 1 is 1.18 bits per heavy atom. The van der Waals surface area contributed by atoms with Gasteiger partial charge in [0.1, 0.15) is 0 Å². The average Bonchev–Trinajstić information content (AvgIpc) is 2.16. The van der Waals surface area contributed by atoms with Gasteiger partial charge in [-0.1, -0.05) is 0 Å². The molecule has 0 amide bonds. The number of ether oxygens (including phenoxy) is 3. The Morgan fingerprint density at radius 3 is 2.12 bits per heavy atom. The second-order valence-electron chi connectivity index (χ2n) is 2.58. The predicted octanol–water partition coefficient (Wildman–Crippen LogP) is 1.43. The number of carboxylic acid groups (broad SMARTS) is 1. The highest BCUT2D eigenvalue weighted by atomic mass is 17.5. The lowest BCUT2D eigenvalue weighted by Gasteiger charge is -2.25. The quantitative estimate of drug-likeness (QED) is 0.237. The van der Waals surface area contributed by atoms with Crippen LogP contribution in [0.15, 0.2) is 0 Å². The summed E-state index contributed by atoms with van der Waals surface area (Å²) in [5.74, 6) is -1.58. The van der Waals surface area contributed by atoms with Gasteiger partial charge in [-0.15, -0.1) is 4.89 Å². The molecule has 0 radical (unpaired) electrons. The van der Waals surface area contributed by atoms with E-state index in [1.54, 1.807) is 13.8 Å². The number of hydrogen-bond acceptors (Lipinski definition) is 8. The Bertz CT molecular complexity index is 245. The molecule has 0 aliphatic heterocycles. The van der Waals surface area contributed by atoms with Gasteiger partial charge in [-0.05, 0) is 18.9 Å². The molecule has 0 atom stereocenters. The van der Waals surface area contributed by atoms with Gasteiger partial charge < -0.3 is 19.3 Å². The smallest absolute Gasteiger partial charge is 0.449 e. The SMILES string of the molecule is CCOC(C)(OCC)OOOC(=O)OC(=O)O. The van der Waals surface area contributed by atoms with E-state index in [0.29, 0.717) is 0 Å². The second-order valence-corrected chi connectivity index (χ2v) is 2.58. The normalized spacial score (nSPS) is 11.0. The molecule has 0 rings (SSSR count). The van der Waals surface area contributed by atoms with Crippen molar-refractivity contribution >= 4 is 12.3 Å². The zero-order chi connectivity index (χ0) is 13.3. The molecule has 0 aromatic carbocycles. The topological polar surface area (TPSA) is 110 Å². The van der Waals surface area contributed by atoms with E-state index in [1.807, 2.05) is 0 Å². The van der Waals surface area contributed by atoms with E-state index >= 15 is 0 Å². The summed E-state index contributed by atoms with van der Waals surface area (Å²) in [4.78, 5) is 28.8. The number of carbonyl (C=O) groups excluding carboxylic acids is 1. The van der Waals surface area contributed by atoms with Gasteiger partial charge >= 0.3 is 18.3 Å². The Labute approximate surface area is 97.0 Å². The maximum absolute atomic E-state index is 10.5. The highest BCUT2D eigenvalue weighted by Gasteiger charge is 2.29. The van der Waals surface area contributed by atoms with Crippen molar-refractivity contribution in [3.05, 3.63) is 0 Å². The van der Waals surface area contributed by atoms with Crippen LogP contribution in [-0.2, 0) is 29.0 Å². The van der Waals surface area contributed by atoms with E-state index in [1.165, 1.54) is 6.92 Å². The van der Waals surface area contributed by atoms with E-state index in [0.717, 1.165) is 0 Å². The third kappa shape index (κ3) is 7.47. The largest absolute Gasteiger partial charge is 0.553 e. The molecule has 0 saturated heterocycles. The number of hydrogen-bond donors (Lipinski definition) is 1. The van der Waals surface area contributed by atoms with Crippen molar-refractivity contribution in [2.45, 2.75) is 26.7 Å². The Balaban J connectivity index is 3.97. The Hall–Kier alpha value is -1.42. The first-order valence-electron chi connectivity index (χ1n) is 4.68. The van der Waals surface area contributed by atoms with E-state index in [4.69, 9.17) is 14.6 Å². The highest BCUT2D eigenvalue weighted by molar-refractivity contribution is 5.75. The van der Waals surface area contributed by atoms with Crippen molar-refractivity contribution in [2.75, 3.05) is 13.2 Å². The molecule has 0 heterocycles. The van der Waals surface area contributed by atoms with Crippen molar-refractivity contribution in [3.63, 3.8) is 0 Å². The maximum Gasteiger partial charge on any atom is 0.553 e. The molecule has 0 fully saturated rings. The first-order chi connectivity index (χ1) is 7.93. The van der Waals surface area contributed by atoms with Gasteiger partial charge in [-0.25, -0.2) is 9.68 Å². The molecule has 9 nitrogen and oxygen atoms in total. The summed E-state index contributed by atoms with van der Waals surface area (Å²) in [6.07, 6.45) is -3.44. The summed E-state index contributed by atoms with van der Waals surface area (Å²) in [5.41, 5.74) is 0. The molecule has 17 heavy (non-hydrogen) atoms. The lowest BCUT2D eigenvalue weighted by Crippen LogP contribution is -2.36. The molecule has 100 valence electrons. The van der Waals surface area contributed by atoms with Crippen LogP contribution in [0.1, 0.15) is 20.8 Å². The minimum Gasteiger partial charge on any atom is -0.449 e. The lowest BCUT2D eigenvalue weighted by atomic mass is 10.6. The molecule has 9 heteroatoms. The fourth-order valence-corrected chi connectivity index (χ4v) is 0.809. The fraction of sp³-hybridized carbons (Fsp3) is 0.750. The second kappa shape index (κ2) is 7.79. The fourth-order valence-electron chi connectivity index (χ4n) is 0.809. The van der Waals surface area contributed by atoms with Crippen molar-refractivity contribution < 1.29 is 43.7 Å². The van der Waals surface area contributed by atoms with E-state index in [-0.39, 0.29) is 13.2 Å². The van der Waals surface area contributed by atoms with Crippen LogP contribution in [0.25, 0.3) is 0 Å². The van der Waals surface area contributed by atoms with Gasteiger partial charge in [-0.2, -0.15) is 4.79 Å². The summed E-state index contributed by atoms with van der Waals surface area (Å²) < 4.78 is 13.6. The molecule has 0 aliphatic carbocycles. The monoisotopic (exact) mass is 254 g/mol. The highest BCUT2D eigenvalue weighted by Crippen LogP contribution is 2.15. The van der Waals surface area contributed by atoms with Crippen LogP contribution in [0, 0.1) is 0 Å². The van der Waals surface area contributed by atoms with E-state index in [9.17, 15) is 9.59 Å². The predicted molar refractivity (Wildman–Crippen MR) is 49.4 cm³/mol. The number of carbonyl (C=O) groups is 2. The van der Waals surface area contributed by atoms with Gasteiger partial charge in [0.15, 0.2) is 0 Å². The van der Waals surface area contributed by atoms with Crippen molar-refractivity contribution in [3.8, 4) is 0 Å². The van der Waals surface area contributed by atoms with Crippen LogP contribution >= 0.6 is 0 Å². The Kier molecular flexibility index (Phi) is 7.14. The van der Waals surface area contributed by atoms with Crippen molar-refractivity contribution in [2.24, 2.45) is 0 Å².